The number of aromatic nitrogens is 2. The molecule has 0 aliphatic heterocycles. The van der Waals surface area contributed by atoms with Crippen LogP contribution in [0, 0.1) is 6.92 Å². The third kappa shape index (κ3) is 4.04. The van der Waals surface area contributed by atoms with Gasteiger partial charge in [-0.1, -0.05) is 31.5 Å². The minimum absolute atomic E-state index is 0.0941. The van der Waals surface area contributed by atoms with Crippen LogP contribution < -0.4 is 5.32 Å². The fraction of sp³-hybridized carbons (Fsp3) is 0.353. The fourth-order valence-electron chi connectivity index (χ4n) is 2.05. The molecule has 0 fully saturated rings. The Morgan fingerprint density at radius 2 is 2.00 bits per heavy atom. The highest BCUT2D eigenvalue weighted by Gasteiger charge is 2.13. The standard InChI is InChI=1S/C17H22N4O/c1-4-5-10-21(3)17(22)15-11-19-16(12-18-15)20-14-9-7-6-8-13(14)2/h6-9,11-12H,4-5,10H2,1-3H3,(H,19,20). The Kier molecular flexibility index (Phi) is 5.47. The number of rotatable bonds is 6. The molecule has 0 aliphatic rings. The van der Waals surface area contributed by atoms with E-state index < -0.39 is 0 Å². The van der Waals surface area contributed by atoms with Gasteiger partial charge in [-0.15, -0.1) is 0 Å². The van der Waals surface area contributed by atoms with Crippen molar-refractivity contribution in [3.63, 3.8) is 0 Å². The maximum absolute atomic E-state index is 12.2. The van der Waals surface area contributed by atoms with Gasteiger partial charge in [0, 0.05) is 19.3 Å². The van der Waals surface area contributed by atoms with Crippen molar-refractivity contribution in [2.24, 2.45) is 0 Å². The summed E-state index contributed by atoms with van der Waals surface area (Å²) in [6.07, 6.45) is 5.16. The largest absolute Gasteiger partial charge is 0.340 e. The summed E-state index contributed by atoms with van der Waals surface area (Å²) in [6.45, 7) is 4.86. The van der Waals surface area contributed by atoms with Crippen molar-refractivity contribution in [1.82, 2.24) is 14.9 Å². The Labute approximate surface area is 131 Å². The number of aryl methyl sites for hydroxylation is 1. The van der Waals surface area contributed by atoms with Gasteiger partial charge in [-0.3, -0.25) is 4.79 Å². The number of hydrogen-bond donors (Lipinski definition) is 1. The highest BCUT2D eigenvalue weighted by Crippen LogP contribution is 2.17. The van der Waals surface area contributed by atoms with Crippen molar-refractivity contribution in [2.75, 3.05) is 18.9 Å². The molecule has 0 aliphatic carbocycles. The van der Waals surface area contributed by atoms with Gasteiger partial charge >= 0.3 is 0 Å². The molecule has 1 aromatic carbocycles. The molecule has 5 heteroatoms. The average molecular weight is 298 g/mol. The number of para-hydroxylation sites is 1. The summed E-state index contributed by atoms with van der Waals surface area (Å²) in [5.41, 5.74) is 2.48. The molecule has 2 aromatic rings. The number of unbranched alkanes of at least 4 members (excludes halogenated alkanes) is 1. The molecule has 0 saturated heterocycles. The van der Waals surface area contributed by atoms with E-state index in [0.29, 0.717) is 11.5 Å². The van der Waals surface area contributed by atoms with Crippen LogP contribution in [0.3, 0.4) is 0 Å². The number of nitrogens with zero attached hydrogens (tertiary/aromatic N) is 3. The smallest absolute Gasteiger partial charge is 0.273 e. The predicted molar refractivity (Wildman–Crippen MR) is 88.4 cm³/mol. The highest BCUT2D eigenvalue weighted by atomic mass is 16.2. The quantitative estimate of drug-likeness (QED) is 0.888. The summed E-state index contributed by atoms with van der Waals surface area (Å²) < 4.78 is 0. The Morgan fingerprint density at radius 1 is 1.23 bits per heavy atom. The molecule has 0 atom stereocenters. The third-order valence-corrected chi connectivity index (χ3v) is 3.47. The molecule has 2 rings (SSSR count). The van der Waals surface area contributed by atoms with Crippen LogP contribution in [0.5, 0.6) is 0 Å². The van der Waals surface area contributed by atoms with Crippen molar-refractivity contribution >= 4 is 17.4 Å². The number of hydrogen-bond acceptors (Lipinski definition) is 4. The maximum Gasteiger partial charge on any atom is 0.273 e. The second-order valence-corrected chi connectivity index (χ2v) is 5.31. The van der Waals surface area contributed by atoms with E-state index in [1.54, 1.807) is 18.1 Å². The lowest BCUT2D eigenvalue weighted by molar-refractivity contribution is 0.0787. The first kappa shape index (κ1) is 15.9. The Balaban J connectivity index is 2.04. The molecular weight excluding hydrogens is 276 g/mol. The van der Waals surface area contributed by atoms with Gasteiger partial charge in [0.15, 0.2) is 0 Å². The van der Waals surface area contributed by atoms with Crippen LogP contribution in [-0.2, 0) is 0 Å². The zero-order valence-corrected chi connectivity index (χ0v) is 13.3. The van der Waals surface area contributed by atoms with E-state index >= 15 is 0 Å². The van der Waals surface area contributed by atoms with Gasteiger partial charge in [0.2, 0.25) is 0 Å². The van der Waals surface area contributed by atoms with Gasteiger partial charge in [-0.2, -0.15) is 0 Å². The first-order valence-corrected chi connectivity index (χ1v) is 7.52. The number of carbonyl (C=O) groups excluding carboxylic acids is 1. The number of nitrogens with one attached hydrogen (secondary N) is 1. The van der Waals surface area contributed by atoms with Crippen molar-refractivity contribution in [1.29, 1.82) is 0 Å². The Bertz CT molecular complexity index is 625. The van der Waals surface area contributed by atoms with Gasteiger partial charge < -0.3 is 10.2 Å². The van der Waals surface area contributed by atoms with Crippen LogP contribution in [0.1, 0.15) is 35.8 Å². The van der Waals surface area contributed by atoms with Crippen LogP contribution in [0.2, 0.25) is 0 Å². The summed E-state index contributed by atoms with van der Waals surface area (Å²) in [7, 11) is 1.79. The summed E-state index contributed by atoms with van der Waals surface area (Å²) in [5.74, 6) is 0.533. The van der Waals surface area contributed by atoms with Crippen LogP contribution in [-0.4, -0.2) is 34.4 Å². The predicted octanol–water partition coefficient (Wildman–Crippen LogP) is 3.40. The van der Waals surface area contributed by atoms with Crippen LogP contribution >= 0.6 is 0 Å². The topological polar surface area (TPSA) is 58.1 Å². The molecule has 1 aromatic heterocycles. The minimum atomic E-state index is -0.0941. The van der Waals surface area contributed by atoms with E-state index in [9.17, 15) is 4.79 Å². The molecule has 0 bridgehead atoms. The molecule has 22 heavy (non-hydrogen) atoms. The van der Waals surface area contributed by atoms with Crippen molar-refractivity contribution in [3.8, 4) is 0 Å². The number of carbonyl (C=O) groups is 1. The molecule has 1 N–H and O–H groups in total. The molecule has 0 saturated carbocycles. The minimum Gasteiger partial charge on any atom is -0.340 e. The monoisotopic (exact) mass is 298 g/mol. The number of anilines is 2. The van der Waals surface area contributed by atoms with Gasteiger partial charge in [0.1, 0.15) is 11.5 Å². The first-order chi connectivity index (χ1) is 10.6. The molecule has 1 heterocycles. The lowest BCUT2D eigenvalue weighted by atomic mass is 10.2. The second-order valence-electron chi connectivity index (χ2n) is 5.31. The molecule has 1 amide bonds. The summed E-state index contributed by atoms with van der Waals surface area (Å²) >= 11 is 0. The van der Waals surface area contributed by atoms with E-state index in [-0.39, 0.29) is 5.91 Å². The van der Waals surface area contributed by atoms with E-state index in [4.69, 9.17) is 0 Å². The second kappa shape index (κ2) is 7.54. The zero-order valence-electron chi connectivity index (χ0n) is 13.3. The van der Waals surface area contributed by atoms with Gasteiger partial charge in [0.25, 0.3) is 5.91 Å². The normalized spacial score (nSPS) is 10.3. The third-order valence-electron chi connectivity index (χ3n) is 3.47. The van der Waals surface area contributed by atoms with Gasteiger partial charge in [-0.25, -0.2) is 9.97 Å². The van der Waals surface area contributed by atoms with Crippen molar-refractivity contribution < 1.29 is 4.79 Å². The molecule has 0 unspecified atom stereocenters. The molecule has 0 spiro atoms. The van der Waals surface area contributed by atoms with Crippen molar-refractivity contribution in [2.45, 2.75) is 26.7 Å². The van der Waals surface area contributed by atoms with Crippen molar-refractivity contribution in [3.05, 3.63) is 47.9 Å². The fourth-order valence-corrected chi connectivity index (χ4v) is 2.05. The molecule has 116 valence electrons. The maximum atomic E-state index is 12.2. The Hall–Kier alpha value is -2.43. The lowest BCUT2D eigenvalue weighted by Crippen LogP contribution is -2.28. The van der Waals surface area contributed by atoms with Crippen LogP contribution in [0.15, 0.2) is 36.7 Å². The van der Waals surface area contributed by atoms with Crippen LogP contribution in [0.25, 0.3) is 0 Å². The van der Waals surface area contributed by atoms with Crippen LogP contribution in [0.4, 0.5) is 11.5 Å². The van der Waals surface area contributed by atoms with E-state index in [1.165, 1.54) is 6.20 Å². The van der Waals surface area contributed by atoms with E-state index in [1.807, 2.05) is 31.2 Å². The molecule has 5 nitrogen and oxygen atoms in total. The summed E-state index contributed by atoms with van der Waals surface area (Å²) in [6, 6.07) is 7.95. The number of amides is 1. The summed E-state index contributed by atoms with van der Waals surface area (Å²) in [4.78, 5) is 22.4. The van der Waals surface area contributed by atoms with E-state index in [2.05, 4.69) is 22.2 Å². The molecular formula is C17H22N4O. The highest BCUT2D eigenvalue weighted by molar-refractivity contribution is 5.91. The molecule has 0 radical (unpaired) electrons. The average Bonchev–Trinajstić information content (AvgIpc) is 2.55. The SMILES string of the molecule is CCCCN(C)C(=O)c1cnc(Nc2ccccc2C)cn1. The van der Waals surface area contributed by atoms with Gasteiger partial charge in [-0.05, 0) is 25.0 Å². The lowest BCUT2D eigenvalue weighted by Gasteiger charge is -2.16. The zero-order chi connectivity index (χ0) is 15.9. The Morgan fingerprint density at radius 3 is 2.64 bits per heavy atom. The number of benzene rings is 1. The summed E-state index contributed by atoms with van der Waals surface area (Å²) in [5, 5.41) is 3.20. The first-order valence-electron chi connectivity index (χ1n) is 7.52. The van der Waals surface area contributed by atoms with E-state index in [0.717, 1.165) is 30.6 Å². The van der Waals surface area contributed by atoms with Gasteiger partial charge in [0.05, 0.1) is 12.4 Å².